The molecule has 0 aliphatic rings. The van der Waals surface area contributed by atoms with Crippen molar-refractivity contribution in [1.29, 1.82) is 0 Å². The third-order valence-corrected chi connectivity index (χ3v) is 4.16. The summed E-state index contributed by atoms with van der Waals surface area (Å²) in [5, 5.41) is 5.50. The number of carbonyl (C=O) groups is 2. The van der Waals surface area contributed by atoms with Crippen LogP contribution in [0.3, 0.4) is 0 Å². The van der Waals surface area contributed by atoms with Gasteiger partial charge >= 0.3 is 0 Å². The van der Waals surface area contributed by atoms with E-state index < -0.39 is 6.04 Å². The number of aryl methyl sites for hydroxylation is 2. The first-order valence-electron chi connectivity index (χ1n) is 8.77. The monoisotopic (exact) mass is 354 g/mol. The van der Waals surface area contributed by atoms with Gasteiger partial charge in [-0.1, -0.05) is 36.4 Å². The number of rotatable bonds is 8. The van der Waals surface area contributed by atoms with Crippen LogP contribution in [0.15, 0.2) is 48.5 Å². The number of hydrogen-bond donors (Lipinski definition) is 2. The number of carbonyl (C=O) groups excluding carboxylic acids is 2. The van der Waals surface area contributed by atoms with Crippen molar-refractivity contribution < 1.29 is 14.3 Å². The maximum absolute atomic E-state index is 12.1. The van der Waals surface area contributed by atoms with Crippen LogP contribution in [0.4, 0.5) is 0 Å². The first kappa shape index (κ1) is 19.5. The molecule has 1 unspecified atom stereocenters. The molecule has 0 heterocycles. The summed E-state index contributed by atoms with van der Waals surface area (Å²) >= 11 is 0. The molecule has 26 heavy (non-hydrogen) atoms. The van der Waals surface area contributed by atoms with Crippen LogP contribution in [0.2, 0.25) is 0 Å². The standard InChI is InChI=1S/C21H26N2O3/c1-15-9-10-19(13-16(15)2)26-12-11-20(24)23-17(3)21(25)22-14-18-7-5-4-6-8-18/h4-10,13,17H,11-12,14H2,1-3H3,(H,22,25)(H,23,24). The molecule has 2 N–H and O–H groups in total. The Morgan fingerprint density at radius 2 is 1.77 bits per heavy atom. The van der Waals surface area contributed by atoms with Crippen molar-refractivity contribution in [2.24, 2.45) is 0 Å². The van der Waals surface area contributed by atoms with Crippen LogP contribution in [0, 0.1) is 13.8 Å². The highest BCUT2D eigenvalue weighted by atomic mass is 16.5. The Morgan fingerprint density at radius 1 is 1.04 bits per heavy atom. The van der Waals surface area contributed by atoms with Crippen molar-refractivity contribution in [2.45, 2.75) is 39.8 Å². The Kier molecular flexibility index (Phi) is 7.21. The summed E-state index contributed by atoms with van der Waals surface area (Å²) in [6, 6.07) is 14.9. The lowest BCUT2D eigenvalue weighted by Crippen LogP contribution is -2.44. The predicted molar refractivity (Wildman–Crippen MR) is 102 cm³/mol. The van der Waals surface area contributed by atoms with Gasteiger partial charge in [0.15, 0.2) is 0 Å². The molecule has 0 aliphatic carbocycles. The van der Waals surface area contributed by atoms with Gasteiger partial charge in [0.1, 0.15) is 11.8 Å². The average molecular weight is 354 g/mol. The van der Waals surface area contributed by atoms with Gasteiger partial charge < -0.3 is 15.4 Å². The molecule has 0 radical (unpaired) electrons. The second kappa shape index (κ2) is 9.61. The van der Waals surface area contributed by atoms with Crippen LogP contribution >= 0.6 is 0 Å². The van der Waals surface area contributed by atoms with Gasteiger partial charge in [0, 0.05) is 6.54 Å². The highest BCUT2D eigenvalue weighted by Gasteiger charge is 2.15. The van der Waals surface area contributed by atoms with Crippen molar-refractivity contribution in [2.75, 3.05) is 6.61 Å². The van der Waals surface area contributed by atoms with E-state index in [1.807, 2.05) is 62.4 Å². The molecule has 5 heteroatoms. The van der Waals surface area contributed by atoms with Crippen molar-refractivity contribution in [1.82, 2.24) is 10.6 Å². The molecule has 0 aliphatic heterocycles. The molecule has 0 aromatic heterocycles. The van der Waals surface area contributed by atoms with Crippen molar-refractivity contribution in [3.63, 3.8) is 0 Å². The Labute approximate surface area is 154 Å². The minimum Gasteiger partial charge on any atom is -0.493 e. The van der Waals surface area contributed by atoms with Gasteiger partial charge in [-0.25, -0.2) is 0 Å². The molecule has 0 fully saturated rings. The summed E-state index contributed by atoms with van der Waals surface area (Å²) in [5.74, 6) is 0.322. The van der Waals surface area contributed by atoms with Crippen LogP contribution < -0.4 is 15.4 Å². The molecule has 0 spiro atoms. The van der Waals surface area contributed by atoms with E-state index in [0.29, 0.717) is 6.54 Å². The highest BCUT2D eigenvalue weighted by Crippen LogP contribution is 2.16. The van der Waals surface area contributed by atoms with Gasteiger partial charge in [-0.15, -0.1) is 0 Å². The molecule has 5 nitrogen and oxygen atoms in total. The Hall–Kier alpha value is -2.82. The Morgan fingerprint density at radius 3 is 2.46 bits per heavy atom. The smallest absolute Gasteiger partial charge is 0.242 e. The van der Waals surface area contributed by atoms with Gasteiger partial charge in [-0.2, -0.15) is 0 Å². The topological polar surface area (TPSA) is 67.4 Å². The molecule has 2 rings (SSSR count). The number of hydrogen-bond acceptors (Lipinski definition) is 3. The maximum atomic E-state index is 12.1. The SMILES string of the molecule is Cc1ccc(OCCC(=O)NC(C)C(=O)NCc2ccccc2)cc1C. The summed E-state index contributed by atoms with van der Waals surface area (Å²) in [6.45, 7) is 6.44. The molecule has 2 amide bonds. The normalized spacial score (nSPS) is 11.5. The second-order valence-electron chi connectivity index (χ2n) is 6.34. The van der Waals surface area contributed by atoms with Gasteiger partial charge in [-0.3, -0.25) is 9.59 Å². The molecule has 2 aromatic carbocycles. The van der Waals surface area contributed by atoms with E-state index in [1.165, 1.54) is 5.56 Å². The molecular weight excluding hydrogens is 328 g/mol. The van der Waals surface area contributed by atoms with Gasteiger partial charge in [-0.05, 0) is 49.6 Å². The van der Waals surface area contributed by atoms with E-state index in [9.17, 15) is 9.59 Å². The van der Waals surface area contributed by atoms with E-state index in [4.69, 9.17) is 4.74 Å². The van der Waals surface area contributed by atoms with Crippen LogP contribution in [0.5, 0.6) is 5.75 Å². The lowest BCUT2D eigenvalue weighted by molar-refractivity contribution is -0.128. The lowest BCUT2D eigenvalue weighted by atomic mass is 10.1. The zero-order chi connectivity index (χ0) is 18.9. The molecule has 0 bridgehead atoms. The number of benzene rings is 2. The summed E-state index contributed by atoms with van der Waals surface area (Å²) in [5.41, 5.74) is 3.36. The van der Waals surface area contributed by atoms with Crippen LogP contribution in [0.25, 0.3) is 0 Å². The fraction of sp³-hybridized carbons (Fsp3) is 0.333. The average Bonchev–Trinajstić information content (AvgIpc) is 2.63. The molecule has 138 valence electrons. The number of amides is 2. The fourth-order valence-corrected chi connectivity index (χ4v) is 2.38. The fourth-order valence-electron chi connectivity index (χ4n) is 2.38. The summed E-state index contributed by atoms with van der Waals surface area (Å²) in [7, 11) is 0. The molecule has 1 atom stereocenters. The van der Waals surface area contributed by atoms with Crippen molar-refractivity contribution in [3.05, 3.63) is 65.2 Å². The van der Waals surface area contributed by atoms with Crippen molar-refractivity contribution in [3.8, 4) is 5.75 Å². The van der Waals surface area contributed by atoms with Gasteiger partial charge in [0.05, 0.1) is 13.0 Å². The molecular formula is C21H26N2O3. The molecule has 0 saturated heterocycles. The van der Waals surface area contributed by atoms with E-state index in [-0.39, 0.29) is 24.8 Å². The van der Waals surface area contributed by atoms with E-state index >= 15 is 0 Å². The zero-order valence-corrected chi connectivity index (χ0v) is 15.5. The summed E-state index contributed by atoms with van der Waals surface area (Å²) < 4.78 is 5.60. The van der Waals surface area contributed by atoms with Gasteiger partial charge in [0.2, 0.25) is 11.8 Å². The predicted octanol–water partition coefficient (Wildman–Crippen LogP) is 2.89. The number of ether oxygens (including phenoxy) is 1. The quantitative estimate of drug-likeness (QED) is 0.766. The zero-order valence-electron chi connectivity index (χ0n) is 15.5. The third kappa shape index (κ3) is 6.24. The summed E-state index contributed by atoms with van der Waals surface area (Å²) in [6.07, 6.45) is 0.198. The molecule has 0 saturated carbocycles. The van der Waals surface area contributed by atoms with E-state index in [2.05, 4.69) is 10.6 Å². The largest absolute Gasteiger partial charge is 0.493 e. The van der Waals surface area contributed by atoms with Crippen molar-refractivity contribution >= 4 is 11.8 Å². The highest BCUT2D eigenvalue weighted by molar-refractivity contribution is 5.87. The number of nitrogens with one attached hydrogen (secondary N) is 2. The lowest BCUT2D eigenvalue weighted by Gasteiger charge is -2.14. The molecule has 2 aromatic rings. The second-order valence-corrected chi connectivity index (χ2v) is 6.34. The third-order valence-electron chi connectivity index (χ3n) is 4.16. The van der Waals surface area contributed by atoms with Gasteiger partial charge in [0.25, 0.3) is 0 Å². The first-order chi connectivity index (χ1) is 12.5. The van der Waals surface area contributed by atoms with E-state index in [0.717, 1.165) is 16.9 Å². The van der Waals surface area contributed by atoms with E-state index in [1.54, 1.807) is 6.92 Å². The van der Waals surface area contributed by atoms with Crippen LogP contribution in [-0.4, -0.2) is 24.5 Å². The van der Waals surface area contributed by atoms with Crippen LogP contribution in [0.1, 0.15) is 30.0 Å². The Bertz CT molecular complexity index is 744. The summed E-state index contributed by atoms with van der Waals surface area (Å²) in [4.78, 5) is 24.0. The minimum atomic E-state index is -0.590. The first-order valence-corrected chi connectivity index (χ1v) is 8.77. The minimum absolute atomic E-state index is 0.198. The maximum Gasteiger partial charge on any atom is 0.242 e. The Balaban J connectivity index is 1.69. The van der Waals surface area contributed by atoms with Crippen LogP contribution in [-0.2, 0) is 16.1 Å².